The molecule has 1 aliphatic carbocycles. The van der Waals surface area contributed by atoms with E-state index in [0.29, 0.717) is 6.04 Å². The average molecular weight is 287 g/mol. The van der Waals surface area contributed by atoms with Gasteiger partial charge >= 0.3 is 0 Å². The van der Waals surface area contributed by atoms with Crippen LogP contribution in [0.25, 0.3) is 0 Å². The maximum absolute atomic E-state index is 5.24. The second-order valence-electron chi connectivity index (χ2n) is 5.48. The maximum atomic E-state index is 5.24. The lowest BCUT2D eigenvalue weighted by Gasteiger charge is -2.18. The minimum absolute atomic E-state index is 0.475. The molecule has 1 aliphatic rings. The smallest absolute Gasteiger partial charge is 0.118 e. The Morgan fingerprint density at radius 2 is 1.95 bits per heavy atom. The van der Waals surface area contributed by atoms with Gasteiger partial charge in [-0.25, -0.2) is 0 Å². The zero-order valence-corrected chi connectivity index (χ0v) is 12.9. The number of thiophene rings is 1. The van der Waals surface area contributed by atoms with Crippen molar-refractivity contribution < 1.29 is 4.74 Å². The Bertz CT molecular complexity index is 557. The van der Waals surface area contributed by atoms with Crippen molar-refractivity contribution in [2.45, 2.75) is 32.4 Å². The molecule has 1 N–H and O–H groups in total. The van der Waals surface area contributed by atoms with Crippen molar-refractivity contribution >= 4 is 11.3 Å². The third-order valence-electron chi connectivity index (χ3n) is 3.86. The van der Waals surface area contributed by atoms with Crippen LogP contribution in [0.2, 0.25) is 0 Å². The fourth-order valence-corrected chi connectivity index (χ4v) is 3.43. The first kappa shape index (κ1) is 13.7. The molecule has 1 atom stereocenters. The SMILES string of the molecule is COc1ccc(C(NCc2ccc(C)s2)C2CC2)cc1. The second kappa shape index (κ2) is 5.98. The molecule has 0 bridgehead atoms. The zero-order valence-electron chi connectivity index (χ0n) is 12.1. The van der Waals surface area contributed by atoms with Crippen LogP contribution >= 0.6 is 11.3 Å². The van der Waals surface area contributed by atoms with Gasteiger partial charge in [0.05, 0.1) is 7.11 Å². The van der Waals surface area contributed by atoms with Gasteiger partial charge in [-0.1, -0.05) is 12.1 Å². The normalized spacial score (nSPS) is 16.1. The minimum Gasteiger partial charge on any atom is -0.497 e. The van der Waals surface area contributed by atoms with E-state index < -0.39 is 0 Å². The summed E-state index contributed by atoms with van der Waals surface area (Å²) in [4.78, 5) is 2.80. The fourth-order valence-electron chi connectivity index (χ4n) is 2.59. The van der Waals surface area contributed by atoms with Crippen molar-refractivity contribution in [1.29, 1.82) is 0 Å². The average Bonchev–Trinajstić information content (AvgIpc) is 3.22. The molecule has 0 radical (unpaired) electrons. The Kier molecular flexibility index (Phi) is 4.08. The number of benzene rings is 1. The quantitative estimate of drug-likeness (QED) is 0.855. The van der Waals surface area contributed by atoms with E-state index in [1.165, 1.54) is 28.2 Å². The highest BCUT2D eigenvalue weighted by atomic mass is 32.1. The Morgan fingerprint density at radius 1 is 1.20 bits per heavy atom. The Labute approximate surface area is 124 Å². The second-order valence-corrected chi connectivity index (χ2v) is 6.85. The van der Waals surface area contributed by atoms with Crippen molar-refractivity contribution in [3.63, 3.8) is 0 Å². The highest BCUT2D eigenvalue weighted by molar-refractivity contribution is 7.11. The van der Waals surface area contributed by atoms with Crippen LogP contribution in [0.4, 0.5) is 0 Å². The van der Waals surface area contributed by atoms with E-state index in [1.807, 2.05) is 11.3 Å². The number of aryl methyl sites for hydroxylation is 1. The fraction of sp³-hybridized carbons (Fsp3) is 0.412. The van der Waals surface area contributed by atoms with Crippen molar-refractivity contribution in [3.05, 3.63) is 51.7 Å². The van der Waals surface area contributed by atoms with Crippen LogP contribution in [0.5, 0.6) is 5.75 Å². The lowest BCUT2D eigenvalue weighted by molar-refractivity contribution is 0.413. The molecule has 1 aromatic heterocycles. The van der Waals surface area contributed by atoms with Crippen molar-refractivity contribution in [3.8, 4) is 5.75 Å². The molecule has 2 nitrogen and oxygen atoms in total. The van der Waals surface area contributed by atoms with Gasteiger partial charge in [-0.05, 0) is 55.5 Å². The van der Waals surface area contributed by atoms with Gasteiger partial charge in [0.25, 0.3) is 0 Å². The number of ether oxygens (including phenoxy) is 1. The molecule has 2 aromatic rings. The summed E-state index contributed by atoms with van der Waals surface area (Å²) in [5.41, 5.74) is 1.38. The van der Waals surface area contributed by atoms with Crippen LogP contribution in [-0.4, -0.2) is 7.11 Å². The minimum atomic E-state index is 0.475. The van der Waals surface area contributed by atoms with Gasteiger partial charge < -0.3 is 10.1 Å². The summed E-state index contributed by atoms with van der Waals surface area (Å²) in [6.45, 7) is 3.13. The van der Waals surface area contributed by atoms with E-state index in [4.69, 9.17) is 4.74 Å². The number of hydrogen-bond donors (Lipinski definition) is 1. The van der Waals surface area contributed by atoms with E-state index >= 15 is 0 Å². The third-order valence-corrected chi connectivity index (χ3v) is 4.86. The first-order chi connectivity index (χ1) is 9.76. The molecule has 20 heavy (non-hydrogen) atoms. The molecular formula is C17H21NOS. The monoisotopic (exact) mass is 287 g/mol. The maximum Gasteiger partial charge on any atom is 0.118 e. The van der Waals surface area contributed by atoms with Gasteiger partial charge in [0.15, 0.2) is 0 Å². The Hall–Kier alpha value is -1.32. The molecule has 1 saturated carbocycles. The Morgan fingerprint density at radius 3 is 2.50 bits per heavy atom. The number of nitrogens with one attached hydrogen (secondary N) is 1. The van der Waals surface area contributed by atoms with Gasteiger partial charge in [-0.2, -0.15) is 0 Å². The molecule has 1 aromatic carbocycles. The summed E-state index contributed by atoms with van der Waals surface area (Å²) in [6, 6.07) is 13.4. The van der Waals surface area contributed by atoms with Gasteiger partial charge in [0.2, 0.25) is 0 Å². The summed E-state index contributed by atoms with van der Waals surface area (Å²) in [7, 11) is 1.71. The summed E-state index contributed by atoms with van der Waals surface area (Å²) < 4.78 is 5.24. The van der Waals surface area contributed by atoms with Crippen molar-refractivity contribution in [1.82, 2.24) is 5.32 Å². The molecule has 3 heteroatoms. The van der Waals surface area contributed by atoms with Gasteiger partial charge in [-0.15, -0.1) is 11.3 Å². The van der Waals surface area contributed by atoms with Crippen LogP contribution in [0.15, 0.2) is 36.4 Å². The summed E-state index contributed by atoms with van der Waals surface area (Å²) in [6.07, 6.45) is 2.68. The molecular weight excluding hydrogens is 266 g/mol. The van der Waals surface area contributed by atoms with Crippen LogP contribution < -0.4 is 10.1 Å². The van der Waals surface area contributed by atoms with Crippen molar-refractivity contribution in [2.75, 3.05) is 7.11 Å². The number of rotatable bonds is 6. The highest BCUT2D eigenvalue weighted by Gasteiger charge is 2.31. The van der Waals surface area contributed by atoms with E-state index in [0.717, 1.165) is 18.2 Å². The molecule has 1 unspecified atom stereocenters. The van der Waals surface area contributed by atoms with E-state index in [9.17, 15) is 0 Å². The number of methoxy groups -OCH3 is 1. The van der Waals surface area contributed by atoms with Gasteiger partial charge in [0, 0.05) is 22.3 Å². The van der Waals surface area contributed by atoms with Crippen LogP contribution in [0.1, 0.15) is 34.2 Å². The van der Waals surface area contributed by atoms with E-state index in [1.54, 1.807) is 7.11 Å². The van der Waals surface area contributed by atoms with Crippen LogP contribution in [0.3, 0.4) is 0 Å². The summed E-state index contributed by atoms with van der Waals surface area (Å²) in [5, 5.41) is 3.73. The van der Waals surface area contributed by atoms with E-state index in [2.05, 4.69) is 48.6 Å². The predicted molar refractivity (Wildman–Crippen MR) is 84.4 cm³/mol. The van der Waals surface area contributed by atoms with Crippen molar-refractivity contribution in [2.24, 2.45) is 5.92 Å². The molecule has 0 saturated heterocycles. The molecule has 0 amide bonds. The van der Waals surface area contributed by atoms with Crippen LogP contribution in [0, 0.1) is 12.8 Å². The topological polar surface area (TPSA) is 21.3 Å². The highest BCUT2D eigenvalue weighted by Crippen LogP contribution is 2.41. The largest absolute Gasteiger partial charge is 0.497 e. The predicted octanol–water partition coefficient (Wildman–Crippen LogP) is 4.31. The molecule has 0 spiro atoms. The molecule has 0 aliphatic heterocycles. The Balaban J connectivity index is 1.68. The third kappa shape index (κ3) is 3.22. The first-order valence-electron chi connectivity index (χ1n) is 7.19. The van der Waals surface area contributed by atoms with Gasteiger partial charge in [0.1, 0.15) is 5.75 Å². The molecule has 1 fully saturated rings. The standard InChI is InChI=1S/C17H21NOS/c1-12-3-10-16(20-12)11-18-17(13-4-5-13)14-6-8-15(19-2)9-7-14/h3,6-10,13,17-18H,4-5,11H2,1-2H3. The van der Waals surface area contributed by atoms with E-state index in [-0.39, 0.29) is 0 Å². The van der Waals surface area contributed by atoms with Crippen LogP contribution in [-0.2, 0) is 6.54 Å². The molecule has 1 heterocycles. The zero-order chi connectivity index (χ0) is 13.9. The lowest BCUT2D eigenvalue weighted by Crippen LogP contribution is -2.22. The summed E-state index contributed by atoms with van der Waals surface area (Å²) >= 11 is 1.88. The van der Waals surface area contributed by atoms with Gasteiger partial charge in [-0.3, -0.25) is 0 Å². The molecule has 3 rings (SSSR count). The summed E-state index contributed by atoms with van der Waals surface area (Å²) in [5.74, 6) is 1.72. The lowest BCUT2D eigenvalue weighted by atomic mass is 10.0. The first-order valence-corrected chi connectivity index (χ1v) is 8.00. The number of hydrogen-bond acceptors (Lipinski definition) is 3. The molecule has 106 valence electrons.